The highest BCUT2D eigenvalue weighted by atomic mass is 32.2. The fraction of sp³-hybridized carbons (Fsp3) is 0.158. The van der Waals surface area contributed by atoms with E-state index in [4.69, 9.17) is 23.9 Å². The molecule has 2 heterocycles. The zero-order valence-corrected chi connectivity index (χ0v) is 81.5. The maximum atomic E-state index is 13.6. The fourth-order valence-corrected chi connectivity index (χ4v) is 16.2. The van der Waals surface area contributed by atoms with Gasteiger partial charge >= 0.3 is 11.9 Å². The highest BCUT2D eigenvalue weighted by molar-refractivity contribution is 7.86. The molecule has 0 fully saturated rings. The lowest BCUT2D eigenvalue weighted by Gasteiger charge is -2.19. The molecular formula is C95H86N26O24S4. The van der Waals surface area contributed by atoms with Crippen LogP contribution in [0.15, 0.2) is 344 Å². The molecule has 2 atom stereocenters. The van der Waals surface area contributed by atoms with Gasteiger partial charge < -0.3 is 70.9 Å². The zero-order valence-electron chi connectivity index (χ0n) is 78.3. The Hall–Kier alpha value is -17.7. The van der Waals surface area contributed by atoms with Crippen LogP contribution in [-0.2, 0) is 89.3 Å². The van der Waals surface area contributed by atoms with Crippen LogP contribution in [0.1, 0.15) is 64.3 Å². The lowest BCUT2D eigenvalue weighted by molar-refractivity contribution is -0.138. The van der Waals surface area contributed by atoms with E-state index in [9.17, 15) is 92.1 Å². The van der Waals surface area contributed by atoms with Gasteiger partial charge in [-0.1, -0.05) is 36.4 Å². The molecule has 0 saturated carbocycles. The monoisotopic (exact) mass is 2100 g/mol. The van der Waals surface area contributed by atoms with Gasteiger partial charge in [0.2, 0.25) is 23.8 Å². The van der Waals surface area contributed by atoms with Gasteiger partial charge in [-0.05, 0) is 218 Å². The molecule has 14 aromatic rings. The SMILES string of the molecule is COc1cc(N=Nc2ccc(N=Nc3ccccc3)cc2S(=O)(=O)O)c(CO)cc1Cc1nc(Cc2cc(OC)c(N=Nc3ccc(N=Nc4ccc(S(=O)(=O)O)cc4)cc3)cc2CO)nc(NC(CCCC(Nc2nc(Nc3cc(OC)c(N=Nc4ccc(N=Nc5ccc(S(=O)(=O)O)cc5)cc4)cc3CO)nc(Nc3cc(CO)c(N=Nc4ccc(N=Nc5ccccc5)cc4S(=O)(=O)O)cc3OC)n2)C(=O)O)C(=O)O)n1. The van der Waals surface area contributed by atoms with Crippen molar-refractivity contribution in [2.45, 2.75) is 90.2 Å². The highest BCUT2D eigenvalue weighted by Crippen LogP contribution is 2.43. The minimum absolute atomic E-state index is 0.0153. The Bertz CT molecular complexity index is 7590. The van der Waals surface area contributed by atoms with Crippen molar-refractivity contribution in [3.05, 3.63) is 288 Å². The summed E-state index contributed by atoms with van der Waals surface area (Å²) < 4.78 is 160. The Labute approximate surface area is 847 Å². The Morgan fingerprint density at radius 1 is 0.289 bits per heavy atom. The maximum absolute atomic E-state index is 13.6. The van der Waals surface area contributed by atoms with E-state index in [0.717, 1.165) is 24.3 Å². The minimum atomic E-state index is -4.98. The molecule has 0 aliphatic rings. The second-order valence-electron chi connectivity index (χ2n) is 31.5. The van der Waals surface area contributed by atoms with Gasteiger partial charge in [0.05, 0.1) is 144 Å². The number of ether oxygens (including phenoxy) is 4. The van der Waals surface area contributed by atoms with Gasteiger partial charge in [-0.25, -0.2) is 14.6 Å². The molecule has 50 nitrogen and oxygen atoms in total. The van der Waals surface area contributed by atoms with Crippen LogP contribution in [0.5, 0.6) is 23.0 Å². The summed E-state index contributed by atoms with van der Waals surface area (Å²) in [5.41, 5.74) is 3.70. The summed E-state index contributed by atoms with van der Waals surface area (Å²) in [6, 6.07) is 55.0. The predicted octanol–water partition coefficient (Wildman–Crippen LogP) is 20.6. The molecule has 0 aliphatic heterocycles. The van der Waals surface area contributed by atoms with Crippen molar-refractivity contribution in [1.29, 1.82) is 0 Å². The van der Waals surface area contributed by atoms with Crippen LogP contribution in [0.25, 0.3) is 0 Å². The van der Waals surface area contributed by atoms with Gasteiger partial charge in [-0.2, -0.15) is 120 Å². The lowest BCUT2D eigenvalue weighted by atomic mass is 10.0. The van der Waals surface area contributed by atoms with E-state index < -0.39 is 107 Å². The van der Waals surface area contributed by atoms with Crippen molar-refractivity contribution in [3.8, 4) is 23.0 Å². The summed E-state index contributed by atoms with van der Waals surface area (Å²) in [5, 5.41) is 145. The second kappa shape index (κ2) is 48.8. The van der Waals surface area contributed by atoms with E-state index in [0.29, 0.717) is 39.7 Å². The number of nitrogens with one attached hydrogen (secondary N) is 4. The number of carboxylic acids is 2. The van der Waals surface area contributed by atoms with Gasteiger partial charge in [0.15, 0.2) is 0 Å². The van der Waals surface area contributed by atoms with Crippen molar-refractivity contribution in [2.24, 2.45) is 81.8 Å². The third kappa shape index (κ3) is 29.3. The smallest absolute Gasteiger partial charge is 0.326 e. The van der Waals surface area contributed by atoms with E-state index in [1.54, 1.807) is 115 Å². The van der Waals surface area contributed by atoms with E-state index in [1.165, 1.54) is 132 Å². The highest BCUT2D eigenvalue weighted by Gasteiger charge is 2.29. The van der Waals surface area contributed by atoms with Gasteiger partial charge in [0.25, 0.3) is 40.5 Å². The summed E-state index contributed by atoms with van der Waals surface area (Å²) >= 11 is 0. The standard InChI is InChI=1S/C95H86N26O24S4/c1-142-82-48-77(118-116-72-36-30-68(45-86(72)148(136,137)138)114-106-60-12-7-5-8-13-60)57(51-123)38-55(82)44-89-100-88(43-54-42-83(143-2)80(39-56(54)50-122)120-112-64-22-18-62(19-23-64)108-110-66-26-32-70(33-27-66)146(130,131)132)101-92(102-89)96-74(90(126)127)16-11-17-75(91(128)129)97-93-103-94(98-76-47-85(145-4)81(41-58(76)52-124)121-113-65-24-20-63(21-25-65)109-111-67-28-34-71(35-29-67)147(133,134)135)105-95(104-93)99-79-40-59(53-125)78(49-84(79)144-3)119-117-73-37-31-69(46-87(73)149(139,140)141)115-107-61-14-9-6-10-15-61/h5-10,12-15,18-42,45-49,74-75,122-125H,11,16-17,43-44,50-53H2,1-4H3,(H,126,127)(H,128,129)(H,130,131,132)(H,133,134,135)(H,136,137,138)(H,139,140,141)(H,96,100,101,102)(H3,97,98,99,103,104,105). The molecule has 0 spiro atoms. The molecule has 2 aromatic heterocycles. The number of anilines is 6. The molecule has 14 rings (SSSR count). The first-order valence-electron chi connectivity index (χ1n) is 43.8. The molecule has 14 N–H and O–H groups in total. The van der Waals surface area contributed by atoms with Crippen LogP contribution in [0.4, 0.5) is 126 Å². The van der Waals surface area contributed by atoms with Crippen molar-refractivity contribution < 1.29 is 111 Å². The third-order valence-electron chi connectivity index (χ3n) is 21.3. The molecule has 0 saturated heterocycles. The van der Waals surface area contributed by atoms with Crippen molar-refractivity contribution >= 4 is 179 Å². The van der Waals surface area contributed by atoms with Gasteiger partial charge in [0, 0.05) is 53.3 Å². The van der Waals surface area contributed by atoms with Gasteiger partial charge in [-0.15, -0.1) is 20.5 Å². The first-order valence-corrected chi connectivity index (χ1v) is 49.6. The average Bonchev–Trinajstić information content (AvgIpc) is 0.806. The third-order valence-corrected chi connectivity index (χ3v) is 24.8. The Balaban J connectivity index is 0.758. The predicted molar refractivity (Wildman–Crippen MR) is 536 cm³/mol. The first kappa shape index (κ1) is 107. The summed E-state index contributed by atoms with van der Waals surface area (Å²) in [6.07, 6.45) is -1.44. The summed E-state index contributed by atoms with van der Waals surface area (Å²) in [6.45, 7) is -2.72. The number of hydrogen-bond donors (Lipinski definition) is 14. The summed E-state index contributed by atoms with van der Waals surface area (Å²) in [7, 11) is -13.6. The Morgan fingerprint density at radius 2 is 0.617 bits per heavy atom. The molecule has 2 unspecified atom stereocenters. The van der Waals surface area contributed by atoms with Gasteiger partial charge in [-0.3, -0.25) is 18.2 Å². The van der Waals surface area contributed by atoms with E-state index in [1.807, 2.05) is 0 Å². The summed E-state index contributed by atoms with van der Waals surface area (Å²) in [4.78, 5) is 53.1. The van der Waals surface area contributed by atoms with Crippen LogP contribution in [0.3, 0.4) is 0 Å². The van der Waals surface area contributed by atoms with Crippen LogP contribution in [-0.4, -0.2) is 165 Å². The van der Waals surface area contributed by atoms with Crippen LogP contribution in [0, 0.1) is 0 Å². The number of hydrogen-bond acceptors (Lipinski definition) is 44. The molecule has 0 aliphatic carbocycles. The van der Waals surface area contributed by atoms with Gasteiger partial charge in [0.1, 0.15) is 79.3 Å². The number of aliphatic carboxylic acids is 2. The molecule has 0 bridgehead atoms. The number of nitrogens with zero attached hydrogens (tertiary/aromatic N) is 22. The normalized spacial score (nSPS) is 12.6. The number of carboxylic acid groups (broad SMARTS) is 2. The first-order chi connectivity index (χ1) is 71.5. The number of benzene rings is 12. The number of aliphatic hydroxyl groups excluding tert-OH is 4. The number of aromatic nitrogens is 6. The van der Waals surface area contributed by atoms with Crippen LogP contribution >= 0.6 is 0 Å². The van der Waals surface area contributed by atoms with Crippen LogP contribution in [0.2, 0.25) is 0 Å². The molecule has 12 aromatic carbocycles. The van der Waals surface area contributed by atoms with Crippen molar-refractivity contribution in [2.75, 3.05) is 49.7 Å². The Morgan fingerprint density at radius 3 is 1.01 bits per heavy atom. The number of methoxy groups -OCH3 is 4. The molecular weight excluding hydrogens is 2020 g/mol. The Kier molecular flexibility index (Phi) is 35.0. The fourth-order valence-electron chi connectivity index (χ4n) is 13.9. The zero-order chi connectivity index (χ0) is 106. The summed E-state index contributed by atoms with van der Waals surface area (Å²) in [5.74, 6) is -4.29. The van der Waals surface area contributed by atoms with Crippen molar-refractivity contribution in [1.82, 2.24) is 29.9 Å². The second-order valence-corrected chi connectivity index (χ2v) is 37.1. The lowest BCUT2D eigenvalue weighted by Crippen LogP contribution is -2.33. The molecule has 0 amide bonds. The molecule has 764 valence electrons. The van der Waals surface area contributed by atoms with Crippen LogP contribution < -0.4 is 40.2 Å². The largest absolute Gasteiger partial charge is 0.496 e. The molecule has 0 radical (unpaired) electrons. The van der Waals surface area contributed by atoms with E-state index in [2.05, 4.69) is 128 Å². The number of rotatable bonds is 46. The molecule has 54 heteroatoms. The number of azo groups is 8. The number of carbonyl (C=O) groups is 2. The topological polar surface area (TPSA) is 733 Å². The minimum Gasteiger partial charge on any atom is -0.496 e. The molecule has 149 heavy (non-hydrogen) atoms. The van der Waals surface area contributed by atoms with E-state index in [-0.39, 0.29) is 190 Å². The number of aliphatic hydroxyl groups is 4. The quantitative estimate of drug-likeness (QED) is 0.0124. The van der Waals surface area contributed by atoms with E-state index >= 15 is 0 Å². The maximum Gasteiger partial charge on any atom is 0.326 e. The van der Waals surface area contributed by atoms with Crippen molar-refractivity contribution in [3.63, 3.8) is 0 Å². The average molecular weight is 2100 g/mol.